The predicted molar refractivity (Wildman–Crippen MR) is 52.7 cm³/mol. The van der Waals surface area contributed by atoms with Crippen LogP contribution in [0.3, 0.4) is 0 Å². The molecule has 66 valence electrons. The summed E-state index contributed by atoms with van der Waals surface area (Å²) in [6.07, 6.45) is 2.35. The third-order valence-corrected chi connectivity index (χ3v) is 3.18. The molecule has 0 saturated carbocycles. The summed E-state index contributed by atoms with van der Waals surface area (Å²) in [5.41, 5.74) is 1.70. The van der Waals surface area contributed by atoms with Gasteiger partial charge in [-0.3, -0.25) is 0 Å². The first-order chi connectivity index (χ1) is 4.96. The van der Waals surface area contributed by atoms with E-state index in [2.05, 4.69) is 41.2 Å². The lowest BCUT2D eigenvalue weighted by Crippen LogP contribution is -2.22. The molecular formula is C11H22. The van der Waals surface area contributed by atoms with Crippen LogP contribution >= 0.6 is 0 Å². The highest BCUT2D eigenvalue weighted by Gasteiger charge is 2.26. The van der Waals surface area contributed by atoms with E-state index in [1.807, 2.05) is 0 Å². The minimum absolute atomic E-state index is 0.323. The standard InChI is InChI=1S/C11H22/c1-7-9(3)11(5,6)10(4)8-2/h10H,3,7-8H2,1-2,4-6H3. The lowest BCUT2D eigenvalue weighted by Gasteiger charge is -2.33. The molecule has 0 aliphatic rings. The fourth-order valence-electron chi connectivity index (χ4n) is 1.31. The second kappa shape index (κ2) is 3.94. The lowest BCUT2D eigenvalue weighted by molar-refractivity contribution is 0.273. The topological polar surface area (TPSA) is 0 Å². The molecule has 0 rings (SSSR count). The Morgan fingerprint density at radius 1 is 1.36 bits per heavy atom. The van der Waals surface area contributed by atoms with Gasteiger partial charge in [-0.2, -0.15) is 0 Å². The molecule has 0 radical (unpaired) electrons. The van der Waals surface area contributed by atoms with Crippen molar-refractivity contribution >= 4 is 0 Å². The molecule has 0 N–H and O–H groups in total. The summed E-state index contributed by atoms with van der Waals surface area (Å²) in [6.45, 7) is 15.4. The van der Waals surface area contributed by atoms with Crippen LogP contribution in [0.4, 0.5) is 0 Å². The van der Waals surface area contributed by atoms with Crippen LogP contribution in [-0.4, -0.2) is 0 Å². The van der Waals surface area contributed by atoms with Crippen molar-refractivity contribution < 1.29 is 0 Å². The SMILES string of the molecule is C=C(CC)C(C)(C)C(C)CC. The van der Waals surface area contributed by atoms with Crippen molar-refractivity contribution in [3.63, 3.8) is 0 Å². The van der Waals surface area contributed by atoms with Crippen LogP contribution in [0.1, 0.15) is 47.5 Å². The van der Waals surface area contributed by atoms with E-state index in [4.69, 9.17) is 0 Å². The van der Waals surface area contributed by atoms with E-state index in [1.165, 1.54) is 12.0 Å². The Kier molecular flexibility index (Phi) is 3.85. The quantitative estimate of drug-likeness (QED) is 0.536. The van der Waals surface area contributed by atoms with Gasteiger partial charge in [0.2, 0.25) is 0 Å². The molecule has 0 fully saturated rings. The van der Waals surface area contributed by atoms with Gasteiger partial charge in [-0.15, -0.1) is 0 Å². The highest BCUT2D eigenvalue weighted by molar-refractivity contribution is 5.07. The van der Waals surface area contributed by atoms with Crippen LogP contribution in [0.2, 0.25) is 0 Å². The number of allylic oxidation sites excluding steroid dienone is 1. The number of hydrogen-bond acceptors (Lipinski definition) is 0. The van der Waals surface area contributed by atoms with Crippen LogP contribution in [0, 0.1) is 11.3 Å². The third kappa shape index (κ3) is 2.36. The molecule has 0 nitrogen and oxygen atoms in total. The second-order valence-electron chi connectivity index (χ2n) is 3.99. The molecule has 0 aliphatic carbocycles. The van der Waals surface area contributed by atoms with Gasteiger partial charge in [0.25, 0.3) is 0 Å². The Hall–Kier alpha value is -0.260. The zero-order valence-electron chi connectivity index (χ0n) is 8.70. The van der Waals surface area contributed by atoms with E-state index >= 15 is 0 Å². The summed E-state index contributed by atoms with van der Waals surface area (Å²) >= 11 is 0. The van der Waals surface area contributed by atoms with Crippen molar-refractivity contribution in [2.75, 3.05) is 0 Å². The lowest BCUT2D eigenvalue weighted by atomic mass is 9.72. The molecule has 0 saturated heterocycles. The molecule has 0 spiro atoms. The molecule has 0 amide bonds. The van der Waals surface area contributed by atoms with E-state index in [1.54, 1.807) is 0 Å². The minimum Gasteiger partial charge on any atom is -0.0993 e. The van der Waals surface area contributed by atoms with Gasteiger partial charge in [0.15, 0.2) is 0 Å². The Morgan fingerprint density at radius 2 is 1.82 bits per heavy atom. The molecular weight excluding hydrogens is 132 g/mol. The van der Waals surface area contributed by atoms with Crippen molar-refractivity contribution in [1.82, 2.24) is 0 Å². The first-order valence-corrected chi connectivity index (χ1v) is 4.65. The monoisotopic (exact) mass is 154 g/mol. The summed E-state index contributed by atoms with van der Waals surface area (Å²) in [4.78, 5) is 0. The van der Waals surface area contributed by atoms with Crippen LogP contribution in [0.5, 0.6) is 0 Å². The minimum atomic E-state index is 0.323. The van der Waals surface area contributed by atoms with Crippen LogP contribution in [0.15, 0.2) is 12.2 Å². The van der Waals surface area contributed by atoms with E-state index in [9.17, 15) is 0 Å². The summed E-state index contributed by atoms with van der Waals surface area (Å²) in [5.74, 6) is 0.745. The van der Waals surface area contributed by atoms with Crippen molar-refractivity contribution in [2.24, 2.45) is 11.3 Å². The maximum atomic E-state index is 4.11. The zero-order chi connectivity index (χ0) is 9.07. The third-order valence-electron chi connectivity index (χ3n) is 3.18. The van der Waals surface area contributed by atoms with Crippen LogP contribution in [-0.2, 0) is 0 Å². The smallest absolute Gasteiger partial charge is 0.0122 e. The van der Waals surface area contributed by atoms with Crippen molar-refractivity contribution in [1.29, 1.82) is 0 Å². The molecule has 1 unspecified atom stereocenters. The average molecular weight is 154 g/mol. The molecule has 0 heterocycles. The van der Waals surface area contributed by atoms with Gasteiger partial charge in [-0.05, 0) is 17.8 Å². The molecule has 0 aromatic heterocycles. The Morgan fingerprint density at radius 3 is 2.09 bits per heavy atom. The average Bonchev–Trinajstić information content (AvgIpc) is 2.01. The van der Waals surface area contributed by atoms with Gasteiger partial charge < -0.3 is 0 Å². The number of hydrogen-bond donors (Lipinski definition) is 0. The fraction of sp³-hybridized carbons (Fsp3) is 0.818. The van der Waals surface area contributed by atoms with Gasteiger partial charge in [-0.25, -0.2) is 0 Å². The van der Waals surface area contributed by atoms with Crippen molar-refractivity contribution in [2.45, 2.75) is 47.5 Å². The second-order valence-corrected chi connectivity index (χ2v) is 3.99. The summed E-state index contributed by atoms with van der Waals surface area (Å²) in [6, 6.07) is 0. The number of rotatable bonds is 4. The van der Waals surface area contributed by atoms with Crippen LogP contribution in [0.25, 0.3) is 0 Å². The van der Waals surface area contributed by atoms with E-state index < -0.39 is 0 Å². The highest BCUT2D eigenvalue weighted by Crippen LogP contribution is 2.36. The normalized spacial score (nSPS) is 14.6. The van der Waals surface area contributed by atoms with Gasteiger partial charge in [0.05, 0.1) is 0 Å². The van der Waals surface area contributed by atoms with E-state index in [0.717, 1.165) is 12.3 Å². The molecule has 0 aliphatic heterocycles. The highest BCUT2D eigenvalue weighted by atomic mass is 14.3. The van der Waals surface area contributed by atoms with E-state index in [0.29, 0.717) is 5.41 Å². The van der Waals surface area contributed by atoms with Gasteiger partial charge in [0, 0.05) is 0 Å². The van der Waals surface area contributed by atoms with Gasteiger partial charge in [-0.1, -0.05) is 53.2 Å². The first kappa shape index (κ1) is 10.7. The molecule has 0 bridgehead atoms. The zero-order valence-corrected chi connectivity index (χ0v) is 8.70. The molecule has 1 atom stereocenters. The molecule has 0 aromatic rings. The summed E-state index contributed by atoms with van der Waals surface area (Å²) in [5, 5.41) is 0. The largest absolute Gasteiger partial charge is 0.0993 e. The Bertz CT molecular complexity index is 131. The van der Waals surface area contributed by atoms with Gasteiger partial charge in [0.1, 0.15) is 0 Å². The summed E-state index contributed by atoms with van der Waals surface area (Å²) in [7, 11) is 0. The van der Waals surface area contributed by atoms with E-state index in [-0.39, 0.29) is 0 Å². The first-order valence-electron chi connectivity index (χ1n) is 4.65. The maximum absolute atomic E-state index is 4.11. The Balaban J connectivity index is 4.31. The molecule has 0 heteroatoms. The molecule has 11 heavy (non-hydrogen) atoms. The van der Waals surface area contributed by atoms with Gasteiger partial charge >= 0.3 is 0 Å². The van der Waals surface area contributed by atoms with Crippen LogP contribution < -0.4 is 0 Å². The fourth-order valence-corrected chi connectivity index (χ4v) is 1.31. The van der Waals surface area contributed by atoms with Crippen molar-refractivity contribution in [3.05, 3.63) is 12.2 Å². The molecule has 0 aromatic carbocycles. The maximum Gasteiger partial charge on any atom is -0.0122 e. The predicted octanol–water partition coefficient (Wildman–Crippen LogP) is 4.02. The Labute approximate surface area is 71.7 Å². The van der Waals surface area contributed by atoms with Crippen molar-refractivity contribution in [3.8, 4) is 0 Å². The summed E-state index contributed by atoms with van der Waals surface area (Å²) < 4.78 is 0.